The van der Waals surface area contributed by atoms with Gasteiger partial charge in [0, 0.05) is 30.6 Å². The van der Waals surface area contributed by atoms with Crippen LogP contribution < -0.4 is 8.92 Å². The van der Waals surface area contributed by atoms with Crippen LogP contribution in [0.1, 0.15) is 25.1 Å². The van der Waals surface area contributed by atoms with E-state index in [1.165, 1.54) is 0 Å². The summed E-state index contributed by atoms with van der Waals surface area (Å²) in [4.78, 5) is 6.25. The van der Waals surface area contributed by atoms with Crippen LogP contribution >= 0.6 is 0 Å². The predicted octanol–water partition coefficient (Wildman–Crippen LogP) is 5.25. The van der Waals surface area contributed by atoms with E-state index in [0.717, 1.165) is 0 Å². The van der Waals surface area contributed by atoms with Crippen molar-refractivity contribution >= 4 is 10.1 Å². The molecule has 0 bridgehead atoms. The Bertz CT molecular complexity index is 1450. The van der Waals surface area contributed by atoms with Crippen molar-refractivity contribution in [1.82, 2.24) is 9.88 Å². The van der Waals surface area contributed by atoms with E-state index in [4.69, 9.17) is 9.47 Å². The number of halogens is 3. The van der Waals surface area contributed by atoms with Crippen molar-refractivity contribution in [2.24, 2.45) is 0 Å². The van der Waals surface area contributed by atoms with Crippen LogP contribution in [0.4, 0.5) is 13.2 Å². The Hall–Kier alpha value is -3.66. The highest BCUT2D eigenvalue weighted by Gasteiger charge is 2.49. The van der Waals surface area contributed by atoms with Crippen molar-refractivity contribution in [2.45, 2.75) is 24.8 Å². The van der Waals surface area contributed by atoms with Gasteiger partial charge in [0.25, 0.3) is 5.88 Å². The minimum atomic E-state index is -6.07. The van der Waals surface area contributed by atoms with Crippen LogP contribution in [0, 0.1) is 11.3 Å². The number of morpholine rings is 1. The van der Waals surface area contributed by atoms with Crippen LogP contribution in [0.2, 0.25) is 0 Å². The summed E-state index contributed by atoms with van der Waals surface area (Å²) in [5, 5.41) is 9.87. The topological polar surface area (TPSA) is 102 Å². The summed E-state index contributed by atoms with van der Waals surface area (Å²) in [7, 11) is -6.07. The smallest absolute Gasteiger partial charge is 0.457 e. The molecular formula is C27H26F3N3O5S. The molecule has 0 saturated carbocycles. The summed E-state index contributed by atoms with van der Waals surface area (Å²) < 4.78 is 79.0. The molecule has 39 heavy (non-hydrogen) atoms. The summed E-state index contributed by atoms with van der Waals surface area (Å²) in [6, 6.07) is 18.9. The van der Waals surface area contributed by atoms with E-state index >= 15 is 0 Å². The van der Waals surface area contributed by atoms with Gasteiger partial charge in [0.15, 0.2) is 0 Å². The molecule has 4 rings (SSSR count). The van der Waals surface area contributed by atoms with Gasteiger partial charge in [-0.15, -0.1) is 0 Å². The van der Waals surface area contributed by atoms with E-state index in [-0.39, 0.29) is 11.3 Å². The second kappa shape index (κ2) is 11.2. The highest BCUT2D eigenvalue weighted by molar-refractivity contribution is 7.88. The summed E-state index contributed by atoms with van der Waals surface area (Å²) in [6.45, 7) is 6.51. The molecule has 1 aromatic heterocycles. The molecule has 1 aliphatic rings. The molecule has 0 unspecified atom stereocenters. The molecular weight excluding hydrogens is 535 g/mol. The van der Waals surface area contributed by atoms with Gasteiger partial charge in [-0.3, -0.25) is 4.90 Å². The Kier molecular flexibility index (Phi) is 8.15. The van der Waals surface area contributed by atoms with Crippen LogP contribution in [-0.2, 0) is 20.3 Å². The minimum Gasteiger partial charge on any atom is -0.457 e. The largest absolute Gasteiger partial charge is 0.534 e. The van der Waals surface area contributed by atoms with E-state index in [1.807, 2.05) is 32.0 Å². The third-order valence-corrected chi connectivity index (χ3v) is 7.07. The van der Waals surface area contributed by atoms with E-state index in [0.29, 0.717) is 49.9 Å². The summed E-state index contributed by atoms with van der Waals surface area (Å²) in [5.74, 6) is 0.163. The quantitative estimate of drug-likeness (QED) is 0.272. The summed E-state index contributed by atoms with van der Waals surface area (Å²) in [6.07, 6.45) is 0. The van der Waals surface area contributed by atoms with Crippen molar-refractivity contribution in [3.63, 3.8) is 0 Å². The summed E-state index contributed by atoms with van der Waals surface area (Å²) >= 11 is 0. The Morgan fingerprint density at radius 3 is 2.23 bits per heavy atom. The van der Waals surface area contributed by atoms with E-state index in [9.17, 15) is 26.9 Å². The van der Waals surface area contributed by atoms with E-state index in [1.54, 1.807) is 48.5 Å². The number of pyridine rings is 1. The molecule has 1 saturated heterocycles. The lowest BCUT2D eigenvalue weighted by atomic mass is 9.85. The SMILES string of the molecule is CC(C)(CN1CCOCC1)c1cc(-c2ccc(Oc3ccccc3)cc2)c(C#N)c(OS(=O)(=O)C(F)(F)F)n1. The lowest BCUT2D eigenvalue weighted by Crippen LogP contribution is -2.43. The Labute approximate surface area is 224 Å². The van der Waals surface area contributed by atoms with Crippen LogP contribution in [0.15, 0.2) is 60.7 Å². The second-order valence-corrected chi connectivity index (χ2v) is 11.1. The first-order valence-corrected chi connectivity index (χ1v) is 13.4. The number of rotatable bonds is 8. The average Bonchev–Trinajstić information content (AvgIpc) is 2.89. The number of aromatic nitrogens is 1. The Balaban J connectivity index is 1.78. The molecule has 0 N–H and O–H groups in total. The number of hydrogen-bond donors (Lipinski definition) is 0. The molecule has 2 aromatic carbocycles. The number of alkyl halides is 3. The average molecular weight is 562 g/mol. The Morgan fingerprint density at radius 2 is 1.64 bits per heavy atom. The molecule has 0 amide bonds. The first kappa shape index (κ1) is 28.4. The number of nitrogens with zero attached hydrogens (tertiary/aromatic N) is 3. The van der Waals surface area contributed by atoms with Crippen LogP contribution in [0.3, 0.4) is 0 Å². The molecule has 3 aromatic rings. The monoisotopic (exact) mass is 561 g/mol. The van der Waals surface area contributed by atoms with E-state index < -0.39 is 32.5 Å². The molecule has 0 radical (unpaired) electrons. The van der Waals surface area contributed by atoms with Gasteiger partial charge in [-0.05, 0) is 35.9 Å². The number of ether oxygens (including phenoxy) is 2. The van der Waals surface area contributed by atoms with Crippen molar-refractivity contribution < 1.29 is 35.2 Å². The normalized spacial score (nSPS) is 15.0. The molecule has 2 heterocycles. The first-order valence-electron chi connectivity index (χ1n) is 12.0. The lowest BCUT2D eigenvalue weighted by molar-refractivity contribution is -0.0501. The maximum atomic E-state index is 13.2. The van der Waals surface area contributed by atoms with Crippen LogP contribution in [0.25, 0.3) is 11.1 Å². The van der Waals surface area contributed by atoms with Gasteiger partial charge < -0.3 is 13.7 Å². The van der Waals surface area contributed by atoms with Gasteiger partial charge in [-0.2, -0.15) is 26.9 Å². The molecule has 206 valence electrons. The fourth-order valence-electron chi connectivity index (χ4n) is 4.14. The molecule has 1 aliphatic heterocycles. The maximum absolute atomic E-state index is 13.2. The zero-order valence-electron chi connectivity index (χ0n) is 21.2. The molecule has 8 nitrogen and oxygen atoms in total. The molecule has 0 aliphatic carbocycles. The molecule has 0 atom stereocenters. The number of para-hydroxylation sites is 1. The Morgan fingerprint density at radius 1 is 1.03 bits per heavy atom. The number of nitriles is 1. The highest BCUT2D eigenvalue weighted by atomic mass is 32.2. The standard InChI is InChI=1S/C27H26F3N3O5S/c1-26(2,18-33-12-14-36-15-13-33)24-16-22(23(17-31)25(32-24)38-39(34,35)27(28,29)30)19-8-10-21(11-9-19)37-20-6-4-3-5-7-20/h3-11,16H,12-15,18H2,1-2H3. The third-order valence-electron chi connectivity index (χ3n) is 6.13. The van der Waals surface area contributed by atoms with Gasteiger partial charge in [0.1, 0.15) is 23.1 Å². The number of hydrogen-bond acceptors (Lipinski definition) is 8. The van der Waals surface area contributed by atoms with Gasteiger partial charge in [-0.25, -0.2) is 4.98 Å². The van der Waals surface area contributed by atoms with Crippen LogP contribution in [0.5, 0.6) is 17.4 Å². The lowest BCUT2D eigenvalue weighted by Gasteiger charge is -2.35. The molecule has 12 heteroatoms. The zero-order valence-corrected chi connectivity index (χ0v) is 22.1. The summed E-state index contributed by atoms with van der Waals surface area (Å²) in [5.41, 5.74) is -6.01. The third kappa shape index (κ3) is 6.68. The first-order chi connectivity index (χ1) is 18.4. The van der Waals surface area contributed by atoms with Gasteiger partial charge in [0.2, 0.25) is 0 Å². The van der Waals surface area contributed by atoms with Crippen molar-refractivity contribution in [3.05, 3.63) is 71.9 Å². The maximum Gasteiger partial charge on any atom is 0.534 e. The van der Waals surface area contributed by atoms with Crippen molar-refractivity contribution in [3.8, 4) is 34.6 Å². The molecule has 1 fully saturated rings. The van der Waals surface area contributed by atoms with Gasteiger partial charge in [0.05, 0.1) is 18.9 Å². The highest BCUT2D eigenvalue weighted by Crippen LogP contribution is 2.37. The minimum absolute atomic E-state index is 0.177. The van der Waals surface area contributed by atoms with Crippen LogP contribution in [-0.4, -0.2) is 56.7 Å². The fraction of sp³-hybridized carbons (Fsp3) is 0.333. The fourth-order valence-corrected chi connectivity index (χ4v) is 4.56. The van der Waals surface area contributed by atoms with Gasteiger partial charge >= 0.3 is 15.6 Å². The van der Waals surface area contributed by atoms with E-state index in [2.05, 4.69) is 14.1 Å². The molecule has 0 spiro atoms. The zero-order chi connectivity index (χ0) is 28.3. The van der Waals surface area contributed by atoms with Crippen molar-refractivity contribution in [1.29, 1.82) is 5.26 Å². The predicted molar refractivity (Wildman–Crippen MR) is 137 cm³/mol. The number of benzene rings is 2. The second-order valence-electron chi connectivity index (χ2n) is 9.54. The van der Waals surface area contributed by atoms with Gasteiger partial charge in [-0.1, -0.05) is 44.2 Å². The van der Waals surface area contributed by atoms with Crippen molar-refractivity contribution in [2.75, 3.05) is 32.8 Å².